The number of ether oxygens (including phenoxy) is 1. The third-order valence-corrected chi connectivity index (χ3v) is 5.91. The molecule has 112 valence electrons. The van der Waals surface area contributed by atoms with Crippen molar-refractivity contribution in [3.8, 4) is 0 Å². The molecule has 4 atom stereocenters. The molecule has 2 fully saturated rings. The number of piperidine rings is 1. The fourth-order valence-corrected chi connectivity index (χ4v) is 4.70. The summed E-state index contributed by atoms with van der Waals surface area (Å²) >= 11 is 0. The van der Waals surface area contributed by atoms with Crippen molar-refractivity contribution in [2.75, 3.05) is 26.2 Å². The molecule has 0 aliphatic carbocycles. The van der Waals surface area contributed by atoms with E-state index in [-0.39, 0.29) is 24.2 Å². The van der Waals surface area contributed by atoms with Gasteiger partial charge in [-0.05, 0) is 26.2 Å². The molecule has 2 N–H and O–H groups in total. The average Bonchev–Trinajstić information content (AvgIpc) is 2.31. The van der Waals surface area contributed by atoms with Gasteiger partial charge in [-0.3, -0.25) is 0 Å². The van der Waals surface area contributed by atoms with Gasteiger partial charge in [-0.1, -0.05) is 6.92 Å². The van der Waals surface area contributed by atoms with E-state index in [9.17, 15) is 8.42 Å². The van der Waals surface area contributed by atoms with E-state index in [0.29, 0.717) is 26.2 Å². The summed E-state index contributed by atoms with van der Waals surface area (Å²) in [6.07, 6.45) is 0.626. The Morgan fingerprint density at radius 2 is 1.63 bits per heavy atom. The molecule has 7 heteroatoms. The van der Waals surface area contributed by atoms with Crippen molar-refractivity contribution in [1.29, 1.82) is 0 Å². The standard InChI is InChI=1S/C12H25N3O3S/c1-9-6-14(5-4-12(9)13)19(16,17)15-7-10(2)18-11(3)8-15/h9-12H,4-8,13H2,1-3H3. The molecule has 0 aromatic carbocycles. The number of rotatable bonds is 2. The fourth-order valence-electron chi connectivity index (χ4n) is 2.82. The molecule has 0 spiro atoms. The molecule has 2 rings (SSSR count). The van der Waals surface area contributed by atoms with Gasteiger partial charge in [-0.25, -0.2) is 0 Å². The summed E-state index contributed by atoms with van der Waals surface area (Å²) < 4.78 is 34.0. The smallest absolute Gasteiger partial charge is 0.282 e. The summed E-state index contributed by atoms with van der Waals surface area (Å²) in [7, 11) is -3.38. The topological polar surface area (TPSA) is 75.9 Å². The first-order valence-corrected chi connectivity index (χ1v) is 8.36. The lowest BCUT2D eigenvalue weighted by molar-refractivity contribution is -0.0457. The molecule has 6 nitrogen and oxygen atoms in total. The van der Waals surface area contributed by atoms with Crippen LogP contribution < -0.4 is 5.73 Å². The van der Waals surface area contributed by atoms with Crippen molar-refractivity contribution in [1.82, 2.24) is 8.61 Å². The van der Waals surface area contributed by atoms with Crippen LogP contribution in [0.1, 0.15) is 27.2 Å². The highest BCUT2D eigenvalue weighted by atomic mass is 32.2. The van der Waals surface area contributed by atoms with E-state index in [1.807, 2.05) is 20.8 Å². The van der Waals surface area contributed by atoms with Gasteiger partial charge in [0.15, 0.2) is 0 Å². The monoisotopic (exact) mass is 291 g/mol. The molecule has 2 aliphatic heterocycles. The highest BCUT2D eigenvalue weighted by Crippen LogP contribution is 2.22. The highest BCUT2D eigenvalue weighted by Gasteiger charge is 2.38. The maximum atomic E-state index is 12.6. The summed E-state index contributed by atoms with van der Waals surface area (Å²) in [6, 6.07) is 0.106. The Labute approximate surface area is 116 Å². The third kappa shape index (κ3) is 3.28. The summed E-state index contributed by atoms with van der Waals surface area (Å²) in [5.41, 5.74) is 5.95. The quantitative estimate of drug-likeness (QED) is 0.777. The Kier molecular flexibility index (Phi) is 4.52. The molecule has 4 unspecified atom stereocenters. The summed E-state index contributed by atoms with van der Waals surface area (Å²) in [5, 5.41) is 0. The molecule has 2 aliphatic rings. The van der Waals surface area contributed by atoms with Crippen LogP contribution in [0.15, 0.2) is 0 Å². The zero-order valence-electron chi connectivity index (χ0n) is 11.9. The van der Waals surface area contributed by atoms with Crippen LogP contribution in [0, 0.1) is 5.92 Å². The minimum atomic E-state index is -3.38. The Morgan fingerprint density at radius 1 is 1.05 bits per heavy atom. The van der Waals surface area contributed by atoms with Gasteiger partial charge in [0.2, 0.25) is 0 Å². The molecule has 0 amide bonds. The van der Waals surface area contributed by atoms with Crippen molar-refractivity contribution < 1.29 is 13.2 Å². The summed E-state index contributed by atoms with van der Waals surface area (Å²) in [6.45, 7) is 7.74. The number of hydrogen-bond acceptors (Lipinski definition) is 4. The predicted molar refractivity (Wildman–Crippen MR) is 73.8 cm³/mol. The largest absolute Gasteiger partial charge is 0.373 e. The zero-order chi connectivity index (χ0) is 14.2. The van der Waals surface area contributed by atoms with Gasteiger partial charge in [0, 0.05) is 32.2 Å². The van der Waals surface area contributed by atoms with Crippen LogP contribution in [0.2, 0.25) is 0 Å². The first-order chi connectivity index (χ1) is 8.80. The van der Waals surface area contributed by atoms with E-state index in [0.717, 1.165) is 6.42 Å². The van der Waals surface area contributed by atoms with Crippen LogP contribution in [0.5, 0.6) is 0 Å². The van der Waals surface area contributed by atoms with Crippen molar-refractivity contribution in [3.63, 3.8) is 0 Å². The summed E-state index contributed by atoms with van der Waals surface area (Å²) in [4.78, 5) is 0. The van der Waals surface area contributed by atoms with Crippen LogP contribution in [0.4, 0.5) is 0 Å². The lowest BCUT2D eigenvalue weighted by Gasteiger charge is -2.40. The minimum Gasteiger partial charge on any atom is -0.373 e. The number of hydrogen-bond donors (Lipinski definition) is 1. The van der Waals surface area contributed by atoms with E-state index in [4.69, 9.17) is 10.5 Å². The number of nitrogens with two attached hydrogens (primary N) is 1. The maximum Gasteiger partial charge on any atom is 0.282 e. The molecule has 0 aromatic heterocycles. The molecule has 2 saturated heterocycles. The third-order valence-electron chi connectivity index (χ3n) is 3.97. The molecule has 0 aromatic rings. The first kappa shape index (κ1) is 15.2. The molecular weight excluding hydrogens is 266 g/mol. The van der Waals surface area contributed by atoms with Gasteiger partial charge < -0.3 is 10.5 Å². The Bertz CT molecular complexity index is 404. The average molecular weight is 291 g/mol. The molecule has 19 heavy (non-hydrogen) atoms. The lowest BCUT2D eigenvalue weighted by Crippen LogP contribution is -2.56. The predicted octanol–water partition coefficient (Wildman–Crippen LogP) is 0.00950. The Morgan fingerprint density at radius 3 is 2.16 bits per heavy atom. The maximum absolute atomic E-state index is 12.6. The van der Waals surface area contributed by atoms with Crippen molar-refractivity contribution >= 4 is 10.2 Å². The fraction of sp³-hybridized carbons (Fsp3) is 1.00. The molecule has 0 radical (unpaired) electrons. The number of nitrogens with zero attached hydrogens (tertiary/aromatic N) is 2. The van der Waals surface area contributed by atoms with Gasteiger partial charge in [0.1, 0.15) is 0 Å². The van der Waals surface area contributed by atoms with Crippen molar-refractivity contribution in [2.24, 2.45) is 11.7 Å². The van der Waals surface area contributed by atoms with E-state index in [1.165, 1.54) is 0 Å². The SMILES string of the molecule is CC1CN(S(=O)(=O)N2CCC(N)C(C)C2)CC(C)O1. The van der Waals surface area contributed by atoms with Crippen molar-refractivity contribution in [2.45, 2.75) is 45.4 Å². The molecule has 2 heterocycles. The van der Waals surface area contributed by atoms with Gasteiger partial charge in [0.05, 0.1) is 12.2 Å². The second-order valence-electron chi connectivity index (χ2n) is 5.87. The van der Waals surface area contributed by atoms with E-state index >= 15 is 0 Å². The van der Waals surface area contributed by atoms with Gasteiger partial charge in [-0.2, -0.15) is 17.0 Å². The zero-order valence-corrected chi connectivity index (χ0v) is 12.8. The molecule has 0 bridgehead atoms. The Balaban J connectivity index is 2.09. The van der Waals surface area contributed by atoms with Crippen LogP contribution in [-0.4, -0.2) is 61.5 Å². The minimum absolute atomic E-state index is 0.0528. The lowest BCUT2D eigenvalue weighted by atomic mass is 9.96. The Hall–Kier alpha value is -0.210. The normalized spacial score (nSPS) is 39.4. The van der Waals surface area contributed by atoms with Crippen LogP contribution in [0.3, 0.4) is 0 Å². The second kappa shape index (κ2) is 5.65. The van der Waals surface area contributed by atoms with Gasteiger partial charge in [-0.15, -0.1) is 0 Å². The van der Waals surface area contributed by atoms with Crippen molar-refractivity contribution in [3.05, 3.63) is 0 Å². The highest BCUT2D eigenvalue weighted by molar-refractivity contribution is 7.86. The van der Waals surface area contributed by atoms with Gasteiger partial charge >= 0.3 is 0 Å². The molecular formula is C12H25N3O3S. The first-order valence-electron chi connectivity index (χ1n) is 6.97. The van der Waals surface area contributed by atoms with Crippen LogP contribution >= 0.6 is 0 Å². The summed E-state index contributed by atoms with van der Waals surface area (Å²) in [5.74, 6) is 0.208. The number of morpholine rings is 1. The van der Waals surface area contributed by atoms with E-state index in [1.54, 1.807) is 8.61 Å². The van der Waals surface area contributed by atoms with Crippen LogP contribution in [-0.2, 0) is 14.9 Å². The van der Waals surface area contributed by atoms with Gasteiger partial charge in [0.25, 0.3) is 10.2 Å². The molecule has 0 saturated carbocycles. The van der Waals surface area contributed by atoms with E-state index in [2.05, 4.69) is 0 Å². The van der Waals surface area contributed by atoms with E-state index < -0.39 is 10.2 Å². The van der Waals surface area contributed by atoms with Crippen LogP contribution in [0.25, 0.3) is 0 Å². The second-order valence-corrected chi connectivity index (χ2v) is 7.80.